The highest BCUT2D eigenvalue weighted by Gasteiger charge is 2.43. The first-order valence-electron chi connectivity index (χ1n) is 21.6. The fourth-order valence-electron chi connectivity index (χ4n) is 9.46. The topological polar surface area (TPSA) is 195 Å². The zero-order valence-corrected chi connectivity index (χ0v) is 35.9. The highest BCUT2D eigenvalue weighted by atomic mass is 16.5. The number of amides is 4. The molecule has 2 unspecified atom stereocenters. The summed E-state index contributed by atoms with van der Waals surface area (Å²) in [6.45, 7) is 10.2. The predicted octanol–water partition coefficient (Wildman–Crippen LogP) is 7.55. The van der Waals surface area contributed by atoms with Crippen LogP contribution in [-0.2, 0) is 19.1 Å². The van der Waals surface area contributed by atoms with Crippen LogP contribution in [0.15, 0.2) is 73.1 Å². The van der Waals surface area contributed by atoms with Crippen LogP contribution in [0.2, 0.25) is 0 Å². The van der Waals surface area contributed by atoms with Crippen molar-refractivity contribution < 1.29 is 33.8 Å². The summed E-state index contributed by atoms with van der Waals surface area (Å²) in [6, 6.07) is 19.0. The van der Waals surface area contributed by atoms with Gasteiger partial charge in [0.15, 0.2) is 0 Å². The summed E-state index contributed by atoms with van der Waals surface area (Å²) in [5.41, 5.74) is 5.80. The summed E-state index contributed by atoms with van der Waals surface area (Å²) in [6.07, 6.45) is 4.55. The van der Waals surface area contributed by atoms with Crippen molar-refractivity contribution in [2.45, 2.75) is 77.5 Å². The highest BCUT2D eigenvalue weighted by molar-refractivity contribution is 5.91. The molecule has 3 aromatic carbocycles. The average Bonchev–Trinajstić information content (AvgIpc) is 4.11. The Morgan fingerprint density at radius 2 is 1.26 bits per heavy atom. The summed E-state index contributed by atoms with van der Waals surface area (Å²) in [5, 5.41) is 17.0. The monoisotopic (exact) mass is 844 g/mol. The summed E-state index contributed by atoms with van der Waals surface area (Å²) in [4.78, 5) is 71.6. The zero-order chi connectivity index (χ0) is 43.7. The molecule has 2 aromatic heterocycles. The number of nitrogens with one attached hydrogen (secondary N) is 4. The largest absolute Gasteiger partial charge is 0.465 e. The average molecular weight is 845 g/mol. The number of imidazole rings is 2. The lowest BCUT2D eigenvalue weighted by molar-refractivity contribution is -0.137. The van der Waals surface area contributed by atoms with Crippen LogP contribution in [-0.4, -0.2) is 104 Å². The predicted molar refractivity (Wildman–Crippen MR) is 234 cm³/mol. The quantitative estimate of drug-likeness (QED) is 0.0892. The Morgan fingerprint density at radius 1 is 0.742 bits per heavy atom. The number of likely N-dealkylation sites (tertiary alicyclic amines) is 2. The molecule has 62 heavy (non-hydrogen) atoms. The van der Waals surface area contributed by atoms with E-state index in [1.54, 1.807) is 11.1 Å². The number of aromatic nitrogens is 4. The molecule has 5 N–H and O–H groups in total. The molecule has 3 saturated heterocycles. The number of aromatic amines is 2. The van der Waals surface area contributed by atoms with Crippen LogP contribution in [0.25, 0.3) is 44.4 Å². The van der Waals surface area contributed by atoms with Crippen molar-refractivity contribution >= 4 is 34.8 Å². The number of nitrogens with zero attached hydrogens (tertiary/aromatic N) is 4. The van der Waals surface area contributed by atoms with E-state index in [4.69, 9.17) is 19.4 Å². The van der Waals surface area contributed by atoms with Crippen LogP contribution in [0.3, 0.4) is 0 Å². The molecule has 3 aliphatic heterocycles. The number of rotatable bonds is 11. The second kappa shape index (κ2) is 18.0. The van der Waals surface area contributed by atoms with Crippen molar-refractivity contribution in [2.75, 3.05) is 33.4 Å². The van der Waals surface area contributed by atoms with Gasteiger partial charge in [0.2, 0.25) is 11.8 Å². The number of carbonyl (C=O) groups excluding carboxylic acids is 3. The van der Waals surface area contributed by atoms with Gasteiger partial charge in [0.1, 0.15) is 23.7 Å². The van der Waals surface area contributed by atoms with Crippen molar-refractivity contribution in [3.8, 4) is 33.6 Å². The molecule has 0 radical (unpaired) electrons. The lowest BCUT2D eigenvalue weighted by atomic mass is 9.90. The molecular formula is C47H56N8O7. The number of methoxy groups -OCH3 is 1. The Labute approximate surface area is 361 Å². The molecule has 3 aliphatic rings. The van der Waals surface area contributed by atoms with E-state index in [2.05, 4.69) is 95.1 Å². The minimum absolute atomic E-state index is 0.118. The third-order valence-corrected chi connectivity index (χ3v) is 12.8. The molecule has 326 valence electrons. The Hall–Kier alpha value is -6.22. The smallest absolute Gasteiger partial charge is 0.407 e. The third-order valence-electron chi connectivity index (χ3n) is 12.8. The number of hydrogen-bond donors (Lipinski definition) is 5. The van der Waals surface area contributed by atoms with E-state index in [9.17, 15) is 24.3 Å². The molecule has 4 amide bonds. The van der Waals surface area contributed by atoms with Crippen LogP contribution < -0.4 is 10.6 Å². The van der Waals surface area contributed by atoms with Crippen molar-refractivity contribution in [2.24, 2.45) is 23.7 Å². The standard InChI is InChI=1S/C47H56N8O7/c1-26(2)40(53-47(60)61-5)44(56)54-24-27(3)18-38(54)43-49-23-37(51-43)35-13-12-33-20-32(10-11-34(33)21-35)29-6-8-30(9-7-29)36-22-48-42(50-36)39-19-28(4)25-55(39)45(57)41(52-46(58)59)31-14-16-62-17-15-31/h6-13,20-23,26-28,31,38-41,52H,14-19,24-25H2,1-5H3,(H,48,50)(H,49,51)(H,53,60)(H,58,59)/t27-,28-,38-,39-,40?,41?/m0/s1. The van der Waals surface area contributed by atoms with E-state index in [1.807, 2.05) is 24.9 Å². The minimum Gasteiger partial charge on any atom is -0.465 e. The lowest BCUT2D eigenvalue weighted by Gasteiger charge is -2.34. The first-order chi connectivity index (χ1) is 29.9. The van der Waals surface area contributed by atoms with Crippen LogP contribution in [0.1, 0.15) is 77.1 Å². The molecule has 6 atom stereocenters. The highest BCUT2D eigenvalue weighted by Crippen LogP contribution is 2.38. The van der Waals surface area contributed by atoms with Crippen molar-refractivity contribution in [1.82, 2.24) is 40.4 Å². The van der Waals surface area contributed by atoms with Gasteiger partial charge in [-0.05, 0) is 89.0 Å². The fraction of sp³-hybridized carbons (Fsp3) is 0.447. The van der Waals surface area contributed by atoms with Gasteiger partial charge in [0.25, 0.3) is 0 Å². The fourth-order valence-corrected chi connectivity index (χ4v) is 9.46. The van der Waals surface area contributed by atoms with E-state index in [-0.39, 0.29) is 47.6 Å². The molecule has 5 aromatic rings. The van der Waals surface area contributed by atoms with E-state index in [0.717, 1.165) is 63.1 Å². The molecule has 0 saturated carbocycles. The summed E-state index contributed by atoms with van der Waals surface area (Å²) in [7, 11) is 1.29. The molecule has 0 spiro atoms. The Kier molecular flexibility index (Phi) is 12.3. The second-order valence-corrected chi connectivity index (χ2v) is 17.6. The minimum atomic E-state index is -1.20. The molecule has 0 bridgehead atoms. The van der Waals surface area contributed by atoms with Crippen molar-refractivity contribution in [3.63, 3.8) is 0 Å². The number of hydrogen-bond acceptors (Lipinski definition) is 8. The first-order valence-corrected chi connectivity index (χ1v) is 21.6. The van der Waals surface area contributed by atoms with E-state index in [0.29, 0.717) is 45.0 Å². The molecule has 5 heterocycles. The van der Waals surface area contributed by atoms with Crippen LogP contribution in [0, 0.1) is 23.7 Å². The Balaban J connectivity index is 0.949. The van der Waals surface area contributed by atoms with Gasteiger partial charge in [0, 0.05) is 31.9 Å². The summed E-state index contributed by atoms with van der Waals surface area (Å²) >= 11 is 0. The van der Waals surface area contributed by atoms with E-state index in [1.165, 1.54) is 7.11 Å². The van der Waals surface area contributed by atoms with E-state index >= 15 is 0 Å². The SMILES string of the molecule is COC(=O)NC(C(=O)N1C[C@@H](C)C[C@H]1c1ncc(-c2ccc3cc(-c4ccc(-c5cnc([C@@H]6C[C@H](C)CN6C(=O)C(NC(=O)O)C6CCOCC6)[nH]5)cc4)ccc3c2)[nH]1)C(C)C. The van der Waals surface area contributed by atoms with Crippen molar-refractivity contribution in [3.05, 3.63) is 84.7 Å². The molecule has 0 aliphatic carbocycles. The van der Waals surface area contributed by atoms with Gasteiger partial charge in [-0.2, -0.15) is 0 Å². The van der Waals surface area contributed by atoms with Crippen LogP contribution in [0.5, 0.6) is 0 Å². The molecule has 3 fully saturated rings. The molecule has 15 nitrogen and oxygen atoms in total. The van der Waals surface area contributed by atoms with Gasteiger partial charge in [-0.25, -0.2) is 19.6 Å². The normalized spacial score (nSPS) is 21.6. The molecular weight excluding hydrogens is 789 g/mol. The number of benzene rings is 3. The second-order valence-electron chi connectivity index (χ2n) is 17.6. The van der Waals surface area contributed by atoms with Gasteiger partial charge in [0.05, 0.1) is 43.0 Å². The number of fused-ring (bicyclic) bond motifs is 1. The zero-order valence-electron chi connectivity index (χ0n) is 35.9. The maximum Gasteiger partial charge on any atom is 0.407 e. The molecule has 8 rings (SSSR count). The van der Waals surface area contributed by atoms with E-state index < -0.39 is 24.3 Å². The van der Waals surface area contributed by atoms with Crippen LogP contribution >= 0.6 is 0 Å². The number of carboxylic acid groups (broad SMARTS) is 1. The number of ether oxygens (including phenoxy) is 2. The Bertz CT molecular complexity index is 2420. The summed E-state index contributed by atoms with van der Waals surface area (Å²) < 4.78 is 10.3. The van der Waals surface area contributed by atoms with Gasteiger partial charge in [-0.15, -0.1) is 0 Å². The van der Waals surface area contributed by atoms with Gasteiger partial charge in [-0.3, -0.25) is 9.59 Å². The van der Waals surface area contributed by atoms with Gasteiger partial charge in [-0.1, -0.05) is 76.2 Å². The maximum absolute atomic E-state index is 14.0. The Morgan fingerprint density at radius 3 is 1.82 bits per heavy atom. The molecule has 15 heteroatoms. The van der Waals surface area contributed by atoms with Gasteiger partial charge < -0.3 is 45.0 Å². The summed E-state index contributed by atoms with van der Waals surface area (Å²) in [5.74, 6) is 1.34. The number of carbonyl (C=O) groups is 4. The lowest BCUT2D eigenvalue weighted by Crippen LogP contribution is -2.53. The number of alkyl carbamates (subject to hydrolysis) is 1. The third kappa shape index (κ3) is 8.89. The van der Waals surface area contributed by atoms with Crippen molar-refractivity contribution in [1.29, 1.82) is 0 Å². The van der Waals surface area contributed by atoms with Crippen LogP contribution in [0.4, 0.5) is 9.59 Å². The number of H-pyrrole nitrogens is 2. The first kappa shape index (κ1) is 42.5. The maximum atomic E-state index is 14.0. The van der Waals surface area contributed by atoms with Gasteiger partial charge >= 0.3 is 12.2 Å².